The first-order valence-corrected chi connectivity index (χ1v) is 9.66. The van der Waals surface area contributed by atoms with Gasteiger partial charge in [0, 0.05) is 0 Å². The number of fused-ring (bicyclic) bond motifs is 1. The molecule has 0 radical (unpaired) electrons. The Morgan fingerprint density at radius 3 is 2.61 bits per heavy atom. The lowest BCUT2D eigenvalue weighted by molar-refractivity contribution is -0.138. The number of aromatic nitrogens is 2. The number of aromatic amines is 2. The lowest BCUT2D eigenvalue weighted by Gasteiger charge is -2.29. The van der Waals surface area contributed by atoms with Crippen molar-refractivity contribution in [3.05, 3.63) is 90.3 Å². The van der Waals surface area contributed by atoms with Crippen LogP contribution in [-0.2, 0) is 9.53 Å². The summed E-state index contributed by atoms with van der Waals surface area (Å²) in [5.74, 6) is -0.907. The van der Waals surface area contributed by atoms with Crippen LogP contribution in [0.25, 0.3) is 5.70 Å². The van der Waals surface area contributed by atoms with Gasteiger partial charge in [0.2, 0.25) is 0 Å². The fraction of sp³-hybridized carbons (Fsp3) is 0.150. The second kappa shape index (κ2) is 7.32. The zero-order valence-corrected chi connectivity index (χ0v) is 15.8. The van der Waals surface area contributed by atoms with Crippen LogP contribution in [0.15, 0.2) is 62.3 Å². The summed E-state index contributed by atoms with van der Waals surface area (Å²) in [7, 11) is 0. The molecule has 2 aromatic heterocycles. The number of H-pyrrole nitrogens is 2. The van der Waals surface area contributed by atoms with Gasteiger partial charge in [-0.1, -0.05) is 30.3 Å². The summed E-state index contributed by atoms with van der Waals surface area (Å²) in [5.41, 5.74) is 1.48. The lowest BCUT2D eigenvalue weighted by Crippen LogP contribution is -2.34. The molecule has 0 saturated carbocycles. The highest BCUT2D eigenvalue weighted by atomic mass is 32.1. The van der Waals surface area contributed by atoms with Crippen molar-refractivity contribution in [3.63, 3.8) is 0 Å². The smallest absolute Gasteiger partial charge is 0.337 e. The molecular weight excluding hydrogens is 378 g/mol. The summed E-state index contributed by atoms with van der Waals surface area (Å²) in [6, 6.07) is 11.1. The van der Waals surface area contributed by atoms with Gasteiger partial charge in [-0.3, -0.25) is 14.8 Å². The van der Waals surface area contributed by atoms with Crippen LogP contribution in [0, 0.1) is 0 Å². The molecular formula is C20H17N3O4S. The van der Waals surface area contributed by atoms with E-state index in [1.165, 1.54) is 11.3 Å². The van der Waals surface area contributed by atoms with Crippen molar-refractivity contribution in [2.45, 2.75) is 12.8 Å². The summed E-state index contributed by atoms with van der Waals surface area (Å²) in [4.78, 5) is 42.4. The average Bonchev–Trinajstić information content (AvgIpc) is 3.21. The van der Waals surface area contributed by atoms with Crippen molar-refractivity contribution in [2.75, 3.05) is 11.9 Å². The lowest BCUT2D eigenvalue weighted by atomic mass is 9.82. The monoisotopic (exact) mass is 395 g/mol. The average molecular weight is 395 g/mol. The summed E-state index contributed by atoms with van der Waals surface area (Å²) in [6.07, 6.45) is 0. The van der Waals surface area contributed by atoms with E-state index in [0.717, 1.165) is 11.1 Å². The van der Waals surface area contributed by atoms with Gasteiger partial charge in [-0.25, -0.2) is 9.59 Å². The van der Waals surface area contributed by atoms with Crippen LogP contribution in [0.5, 0.6) is 0 Å². The minimum atomic E-state index is -0.669. The van der Waals surface area contributed by atoms with E-state index in [-0.39, 0.29) is 18.0 Å². The first kappa shape index (κ1) is 18.0. The maximum Gasteiger partial charge on any atom is 0.337 e. The molecule has 3 aromatic rings. The Labute approximate surface area is 163 Å². The van der Waals surface area contributed by atoms with Crippen LogP contribution >= 0.6 is 11.3 Å². The van der Waals surface area contributed by atoms with E-state index in [9.17, 15) is 14.4 Å². The number of rotatable bonds is 4. The molecule has 1 aliphatic rings. The van der Waals surface area contributed by atoms with Gasteiger partial charge < -0.3 is 10.1 Å². The van der Waals surface area contributed by atoms with Crippen molar-refractivity contribution < 1.29 is 9.53 Å². The molecule has 3 heterocycles. The molecule has 0 saturated heterocycles. The van der Waals surface area contributed by atoms with E-state index in [0.29, 0.717) is 11.3 Å². The first-order valence-electron chi connectivity index (χ1n) is 8.72. The number of thiophene rings is 1. The Hall–Kier alpha value is -3.39. The summed E-state index contributed by atoms with van der Waals surface area (Å²) in [5, 5.41) is 6.84. The van der Waals surface area contributed by atoms with Gasteiger partial charge in [0.1, 0.15) is 5.82 Å². The van der Waals surface area contributed by atoms with E-state index in [1.54, 1.807) is 6.92 Å². The first-order chi connectivity index (χ1) is 13.6. The zero-order chi connectivity index (χ0) is 19.7. The molecule has 7 nitrogen and oxygen atoms in total. The predicted octanol–water partition coefficient (Wildman–Crippen LogP) is 2.66. The third-order valence-corrected chi connectivity index (χ3v) is 5.21. The van der Waals surface area contributed by atoms with Gasteiger partial charge in [-0.05, 0) is 34.9 Å². The number of benzene rings is 1. The Balaban J connectivity index is 2.05. The fourth-order valence-corrected chi connectivity index (χ4v) is 4.07. The second-order valence-electron chi connectivity index (χ2n) is 6.19. The predicted molar refractivity (Wildman–Crippen MR) is 107 cm³/mol. The summed E-state index contributed by atoms with van der Waals surface area (Å²) < 4.78 is 5.32. The van der Waals surface area contributed by atoms with Crippen LogP contribution in [0.1, 0.15) is 29.5 Å². The molecule has 3 N–H and O–H groups in total. The molecule has 0 bridgehead atoms. The number of esters is 1. The summed E-state index contributed by atoms with van der Waals surface area (Å²) >= 11 is 1.46. The number of nitrogens with one attached hydrogen (secondary N) is 3. The molecule has 8 heteroatoms. The molecule has 0 amide bonds. The number of carbonyl (C=O) groups excluding carboxylic acids is 1. The molecule has 28 heavy (non-hydrogen) atoms. The van der Waals surface area contributed by atoms with Crippen LogP contribution in [0.4, 0.5) is 5.82 Å². The number of ether oxygens (including phenoxy) is 1. The van der Waals surface area contributed by atoms with Crippen LogP contribution < -0.4 is 16.6 Å². The number of anilines is 1. The van der Waals surface area contributed by atoms with Crippen LogP contribution in [0.2, 0.25) is 0 Å². The van der Waals surface area contributed by atoms with Gasteiger partial charge in [0.25, 0.3) is 5.56 Å². The third kappa shape index (κ3) is 3.07. The highest BCUT2D eigenvalue weighted by molar-refractivity contribution is 7.08. The maximum atomic E-state index is 13.0. The maximum absolute atomic E-state index is 13.0. The Morgan fingerprint density at radius 2 is 1.93 bits per heavy atom. The standard InChI is InChI=1S/C20H17N3O4S/c1-2-27-19(25)14-13(12-8-9-28-10-12)15-17(22-20(26)23-18(15)24)21-16(14)11-6-4-3-5-7-11/h3-10,13H,2H2,1H3,(H3,21,22,23,24,26)/t13-/m0/s1. The van der Waals surface area contributed by atoms with Crippen molar-refractivity contribution >= 4 is 28.8 Å². The Morgan fingerprint density at radius 1 is 1.14 bits per heavy atom. The molecule has 1 atom stereocenters. The molecule has 1 aliphatic heterocycles. The molecule has 142 valence electrons. The van der Waals surface area contributed by atoms with Gasteiger partial charge in [-0.15, -0.1) is 0 Å². The molecule has 0 aliphatic carbocycles. The van der Waals surface area contributed by atoms with Gasteiger partial charge in [0.15, 0.2) is 0 Å². The van der Waals surface area contributed by atoms with Gasteiger partial charge in [-0.2, -0.15) is 11.3 Å². The minimum absolute atomic E-state index is 0.204. The van der Waals surface area contributed by atoms with Crippen molar-refractivity contribution in [3.8, 4) is 0 Å². The SMILES string of the molecule is CCOC(=O)C1=C(c2ccccc2)Nc2[nH]c(=O)[nH]c(=O)c2[C@H]1c1ccsc1. The Bertz CT molecular complexity index is 1160. The van der Waals surface area contributed by atoms with Crippen LogP contribution in [0.3, 0.4) is 0 Å². The quantitative estimate of drug-likeness (QED) is 0.589. The topological polar surface area (TPSA) is 104 Å². The largest absolute Gasteiger partial charge is 0.463 e. The Kier molecular flexibility index (Phi) is 4.70. The van der Waals surface area contributed by atoms with E-state index in [1.807, 2.05) is 47.2 Å². The summed E-state index contributed by atoms with van der Waals surface area (Å²) in [6.45, 7) is 1.93. The molecule has 0 fully saturated rings. The van der Waals surface area contributed by atoms with Gasteiger partial charge >= 0.3 is 11.7 Å². The second-order valence-corrected chi connectivity index (χ2v) is 6.97. The third-order valence-electron chi connectivity index (χ3n) is 4.51. The van der Waals surface area contributed by atoms with Crippen LogP contribution in [-0.4, -0.2) is 22.5 Å². The molecule has 0 unspecified atom stereocenters. The van der Waals surface area contributed by atoms with Gasteiger partial charge in [0.05, 0.1) is 29.4 Å². The van der Waals surface area contributed by atoms with E-state index < -0.39 is 23.1 Å². The highest BCUT2D eigenvalue weighted by Crippen LogP contribution is 2.42. The minimum Gasteiger partial charge on any atom is -0.463 e. The number of carbonyl (C=O) groups is 1. The van der Waals surface area contributed by atoms with E-state index in [2.05, 4.69) is 15.3 Å². The zero-order valence-electron chi connectivity index (χ0n) is 14.9. The van der Waals surface area contributed by atoms with Crippen molar-refractivity contribution in [1.29, 1.82) is 0 Å². The molecule has 0 spiro atoms. The molecule has 4 rings (SSSR count). The van der Waals surface area contributed by atoms with Crippen molar-refractivity contribution in [1.82, 2.24) is 9.97 Å². The molecule has 1 aromatic carbocycles. The normalized spacial score (nSPS) is 15.7. The fourth-order valence-electron chi connectivity index (χ4n) is 3.38. The number of hydrogen-bond acceptors (Lipinski definition) is 6. The number of hydrogen-bond donors (Lipinski definition) is 3. The van der Waals surface area contributed by atoms with Crippen molar-refractivity contribution in [2.24, 2.45) is 0 Å². The highest BCUT2D eigenvalue weighted by Gasteiger charge is 2.37. The van der Waals surface area contributed by atoms with E-state index >= 15 is 0 Å². The van der Waals surface area contributed by atoms with E-state index in [4.69, 9.17) is 4.74 Å².